The van der Waals surface area contributed by atoms with Crippen LogP contribution in [0.25, 0.3) is 0 Å². The third-order valence-corrected chi connectivity index (χ3v) is 3.70. The van der Waals surface area contributed by atoms with Crippen LogP contribution < -0.4 is 0 Å². The van der Waals surface area contributed by atoms with Gasteiger partial charge in [-0.1, -0.05) is 43.0 Å². The molecule has 1 aliphatic heterocycles. The van der Waals surface area contributed by atoms with Gasteiger partial charge < -0.3 is 14.7 Å². The normalized spacial score (nSPS) is 21.6. The molecule has 0 aromatic heterocycles. The zero-order chi connectivity index (χ0) is 15.2. The van der Waals surface area contributed by atoms with E-state index in [1.807, 2.05) is 30.3 Å². The van der Waals surface area contributed by atoms with Crippen molar-refractivity contribution < 1.29 is 19.4 Å². The van der Waals surface area contributed by atoms with E-state index in [0.717, 1.165) is 5.56 Å². The Morgan fingerprint density at radius 3 is 2.71 bits per heavy atom. The number of rotatable bonds is 4. The average Bonchev–Trinajstić information content (AvgIpc) is 2.52. The lowest BCUT2D eigenvalue weighted by atomic mass is 9.87. The molecule has 1 aromatic carbocycles. The first-order valence-electron chi connectivity index (χ1n) is 6.95. The Kier molecular flexibility index (Phi) is 4.98. The molecule has 1 saturated heterocycles. The molecule has 1 heterocycles. The first kappa shape index (κ1) is 15.1. The molecule has 112 valence electrons. The Morgan fingerprint density at radius 1 is 1.38 bits per heavy atom. The van der Waals surface area contributed by atoms with E-state index in [1.165, 1.54) is 6.08 Å². The Balaban J connectivity index is 2.20. The van der Waals surface area contributed by atoms with Crippen LogP contribution in [-0.4, -0.2) is 35.2 Å². The molecule has 2 rings (SSSR count). The molecular formula is C16H19NO4. The van der Waals surface area contributed by atoms with Gasteiger partial charge in [0, 0.05) is 6.54 Å². The van der Waals surface area contributed by atoms with Crippen LogP contribution in [0.2, 0.25) is 0 Å². The third-order valence-electron chi connectivity index (χ3n) is 3.70. The Hall–Kier alpha value is -2.30. The van der Waals surface area contributed by atoms with Crippen molar-refractivity contribution in [2.45, 2.75) is 18.9 Å². The van der Waals surface area contributed by atoms with Crippen LogP contribution in [0, 0.1) is 5.92 Å². The van der Waals surface area contributed by atoms with Crippen molar-refractivity contribution in [3.8, 4) is 0 Å². The predicted octanol–water partition coefficient (Wildman–Crippen LogP) is 2.85. The van der Waals surface area contributed by atoms with Crippen LogP contribution in [0.15, 0.2) is 43.0 Å². The summed E-state index contributed by atoms with van der Waals surface area (Å²) in [4.78, 5) is 25.0. The van der Waals surface area contributed by atoms with E-state index < -0.39 is 18.0 Å². The van der Waals surface area contributed by atoms with Gasteiger partial charge in [0.1, 0.15) is 6.61 Å². The topological polar surface area (TPSA) is 66.8 Å². The van der Waals surface area contributed by atoms with Gasteiger partial charge in [-0.25, -0.2) is 4.79 Å². The maximum Gasteiger partial charge on any atom is 0.410 e. The number of nitrogens with zero attached hydrogens (tertiary/aromatic N) is 1. The lowest BCUT2D eigenvalue weighted by Crippen LogP contribution is -2.43. The lowest BCUT2D eigenvalue weighted by molar-refractivity contribution is -0.144. The summed E-state index contributed by atoms with van der Waals surface area (Å²) in [6.07, 6.45) is 1.94. The number of piperidine rings is 1. The molecule has 1 aliphatic rings. The zero-order valence-electron chi connectivity index (χ0n) is 11.8. The number of benzene rings is 1. The predicted molar refractivity (Wildman–Crippen MR) is 77.8 cm³/mol. The van der Waals surface area contributed by atoms with Gasteiger partial charge in [-0.15, -0.1) is 0 Å². The summed E-state index contributed by atoms with van der Waals surface area (Å²) >= 11 is 0. The number of hydrogen-bond acceptors (Lipinski definition) is 3. The molecule has 1 aromatic rings. The molecule has 0 aliphatic carbocycles. The molecular weight excluding hydrogens is 270 g/mol. The molecule has 1 fully saturated rings. The van der Waals surface area contributed by atoms with Crippen LogP contribution in [-0.2, 0) is 9.53 Å². The minimum atomic E-state index is -0.810. The quantitative estimate of drug-likeness (QED) is 0.865. The number of carbonyl (C=O) groups excluding carboxylic acids is 1. The molecule has 2 atom stereocenters. The Morgan fingerprint density at radius 2 is 2.10 bits per heavy atom. The van der Waals surface area contributed by atoms with Gasteiger partial charge in [0.05, 0.1) is 12.0 Å². The van der Waals surface area contributed by atoms with Crippen LogP contribution in [0.3, 0.4) is 0 Å². The largest absolute Gasteiger partial charge is 0.481 e. The molecule has 0 bridgehead atoms. The second kappa shape index (κ2) is 6.92. The number of likely N-dealkylation sites (tertiary alicyclic amines) is 1. The van der Waals surface area contributed by atoms with E-state index in [4.69, 9.17) is 4.74 Å². The smallest absolute Gasteiger partial charge is 0.410 e. The fourth-order valence-corrected chi connectivity index (χ4v) is 2.61. The van der Waals surface area contributed by atoms with Gasteiger partial charge in [-0.3, -0.25) is 4.79 Å². The minimum absolute atomic E-state index is 0.152. The molecule has 0 unspecified atom stereocenters. The van der Waals surface area contributed by atoms with Gasteiger partial charge in [-0.2, -0.15) is 0 Å². The SMILES string of the molecule is C=CCOC(=O)N1CC[C@@H](C(=O)O)C[C@H]1c1ccccc1. The summed E-state index contributed by atoms with van der Waals surface area (Å²) in [6, 6.07) is 9.20. The van der Waals surface area contributed by atoms with Crippen molar-refractivity contribution in [1.29, 1.82) is 0 Å². The lowest BCUT2D eigenvalue weighted by Gasteiger charge is -2.37. The van der Waals surface area contributed by atoms with E-state index in [0.29, 0.717) is 19.4 Å². The molecule has 0 radical (unpaired) electrons. The number of amides is 1. The van der Waals surface area contributed by atoms with Crippen molar-refractivity contribution in [2.75, 3.05) is 13.2 Å². The highest BCUT2D eigenvalue weighted by Crippen LogP contribution is 2.34. The second-order valence-electron chi connectivity index (χ2n) is 5.05. The highest BCUT2D eigenvalue weighted by molar-refractivity contribution is 5.72. The number of carboxylic acids is 1. The summed E-state index contributed by atoms with van der Waals surface area (Å²) in [5.41, 5.74) is 0.930. The van der Waals surface area contributed by atoms with Gasteiger partial charge in [0.2, 0.25) is 0 Å². The highest BCUT2D eigenvalue weighted by Gasteiger charge is 2.36. The van der Waals surface area contributed by atoms with E-state index in [2.05, 4.69) is 6.58 Å². The van der Waals surface area contributed by atoms with Crippen LogP contribution in [0.1, 0.15) is 24.4 Å². The van der Waals surface area contributed by atoms with Crippen molar-refractivity contribution in [3.05, 3.63) is 48.6 Å². The average molecular weight is 289 g/mol. The first-order valence-corrected chi connectivity index (χ1v) is 6.95. The van der Waals surface area contributed by atoms with Crippen LogP contribution in [0.4, 0.5) is 4.79 Å². The summed E-state index contributed by atoms with van der Waals surface area (Å²) in [5.74, 6) is -1.24. The summed E-state index contributed by atoms with van der Waals surface area (Å²) in [7, 11) is 0. The summed E-state index contributed by atoms with van der Waals surface area (Å²) in [6.45, 7) is 4.05. The number of carbonyl (C=O) groups is 2. The fourth-order valence-electron chi connectivity index (χ4n) is 2.61. The van der Waals surface area contributed by atoms with E-state index in [9.17, 15) is 14.7 Å². The molecule has 0 saturated carbocycles. The molecule has 1 N–H and O–H groups in total. The molecule has 1 amide bonds. The van der Waals surface area contributed by atoms with Crippen molar-refractivity contribution in [2.24, 2.45) is 5.92 Å². The molecule has 5 heteroatoms. The highest BCUT2D eigenvalue weighted by atomic mass is 16.6. The standard InChI is InChI=1S/C16H19NO4/c1-2-10-21-16(20)17-9-8-13(15(18)19)11-14(17)12-6-4-3-5-7-12/h2-7,13-14H,1,8-11H2,(H,18,19)/t13-,14+/m1/s1. The van der Waals surface area contributed by atoms with Crippen molar-refractivity contribution >= 4 is 12.1 Å². The number of ether oxygens (including phenoxy) is 1. The first-order chi connectivity index (χ1) is 10.1. The second-order valence-corrected chi connectivity index (χ2v) is 5.05. The van der Waals surface area contributed by atoms with Gasteiger partial charge >= 0.3 is 12.1 Å². The van der Waals surface area contributed by atoms with Crippen molar-refractivity contribution in [1.82, 2.24) is 4.90 Å². The van der Waals surface area contributed by atoms with Gasteiger partial charge in [0.25, 0.3) is 0 Å². The zero-order valence-corrected chi connectivity index (χ0v) is 11.8. The van der Waals surface area contributed by atoms with Gasteiger partial charge in [-0.05, 0) is 18.4 Å². The summed E-state index contributed by atoms with van der Waals surface area (Å²) in [5, 5.41) is 9.22. The minimum Gasteiger partial charge on any atom is -0.481 e. The molecule has 5 nitrogen and oxygen atoms in total. The maximum absolute atomic E-state index is 12.1. The Bertz CT molecular complexity index is 514. The van der Waals surface area contributed by atoms with E-state index in [-0.39, 0.29) is 12.6 Å². The Labute approximate surface area is 123 Å². The number of aliphatic carboxylic acids is 1. The van der Waals surface area contributed by atoms with E-state index in [1.54, 1.807) is 4.90 Å². The number of hydrogen-bond donors (Lipinski definition) is 1. The molecule has 21 heavy (non-hydrogen) atoms. The maximum atomic E-state index is 12.1. The third kappa shape index (κ3) is 3.62. The summed E-state index contributed by atoms with van der Waals surface area (Å²) < 4.78 is 5.10. The van der Waals surface area contributed by atoms with Crippen LogP contribution >= 0.6 is 0 Å². The monoisotopic (exact) mass is 289 g/mol. The van der Waals surface area contributed by atoms with Crippen molar-refractivity contribution in [3.63, 3.8) is 0 Å². The molecule has 0 spiro atoms. The fraction of sp³-hybridized carbons (Fsp3) is 0.375. The number of carboxylic acid groups (broad SMARTS) is 1. The van der Waals surface area contributed by atoms with Crippen LogP contribution in [0.5, 0.6) is 0 Å². The van der Waals surface area contributed by atoms with Gasteiger partial charge in [0.15, 0.2) is 0 Å². The van der Waals surface area contributed by atoms with E-state index >= 15 is 0 Å².